The third-order valence-electron chi connectivity index (χ3n) is 5.64. The molecule has 3 aromatic heterocycles. The molecule has 0 aliphatic heterocycles. The summed E-state index contributed by atoms with van der Waals surface area (Å²) in [7, 11) is 1.89. The number of hydrogen-bond acceptors (Lipinski definition) is 5. The first-order valence-corrected chi connectivity index (χ1v) is 10.2. The van der Waals surface area contributed by atoms with Crippen LogP contribution >= 0.6 is 0 Å². The SMILES string of the molecule is Cc1nn(C)cc1Nc1nc(N)c2c(C3=CCc4ccccc43)cn(C(C)C)c2n1. The zero-order valence-electron chi connectivity index (χ0n) is 17.6. The Morgan fingerprint density at radius 2 is 1.90 bits per heavy atom. The molecule has 152 valence electrons. The summed E-state index contributed by atoms with van der Waals surface area (Å²) in [5.41, 5.74) is 14.0. The van der Waals surface area contributed by atoms with Crippen molar-refractivity contribution in [1.29, 1.82) is 0 Å². The number of aromatic nitrogens is 5. The fourth-order valence-corrected chi connectivity index (χ4v) is 4.21. The van der Waals surface area contributed by atoms with Gasteiger partial charge < -0.3 is 15.6 Å². The maximum atomic E-state index is 6.50. The summed E-state index contributed by atoms with van der Waals surface area (Å²) in [4.78, 5) is 9.43. The highest BCUT2D eigenvalue weighted by atomic mass is 15.3. The highest BCUT2D eigenvalue weighted by Crippen LogP contribution is 2.39. The first-order valence-electron chi connectivity index (χ1n) is 10.2. The third-order valence-corrected chi connectivity index (χ3v) is 5.64. The zero-order valence-corrected chi connectivity index (χ0v) is 17.6. The van der Waals surface area contributed by atoms with Gasteiger partial charge in [-0.05, 0) is 43.9 Å². The number of fused-ring (bicyclic) bond motifs is 2. The van der Waals surface area contributed by atoms with Crippen LogP contribution in [0.3, 0.4) is 0 Å². The fourth-order valence-electron chi connectivity index (χ4n) is 4.21. The van der Waals surface area contributed by atoms with Gasteiger partial charge in [0.25, 0.3) is 0 Å². The van der Waals surface area contributed by atoms with E-state index in [1.54, 1.807) is 4.68 Å². The van der Waals surface area contributed by atoms with Gasteiger partial charge in [0.15, 0.2) is 0 Å². The maximum Gasteiger partial charge on any atom is 0.231 e. The van der Waals surface area contributed by atoms with Crippen LogP contribution in [-0.2, 0) is 13.5 Å². The standard InChI is InChI=1S/C23H25N7/c1-13(2)30-11-18(17-10-9-15-7-5-6-8-16(15)17)20-21(24)26-23(27-22(20)30)25-19-12-29(4)28-14(19)3/h5-8,10-13H,9H2,1-4H3,(H3,24,25,26,27). The number of nitrogen functional groups attached to an aromatic ring is 1. The molecule has 5 rings (SSSR count). The van der Waals surface area contributed by atoms with E-state index in [9.17, 15) is 0 Å². The second-order valence-electron chi connectivity index (χ2n) is 8.08. The first-order chi connectivity index (χ1) is 14.4. The Morgan fingerprint density at radius 3 is 2.63 bits per heavy atom. The smallest absolute Gasteiger partial charge is 0.231 e. The number of aryl methyl sites for hydroxylation is 2. The van der Waals surface area contributed by atoms with Gasteiger partial charge in [-0.1, -0.05) is 30.3 Å². The average Bonchev–Trinajstić information content (AvgIpc) is 3.37. The molecule has 0 saturated heterocycles. The highest BCUT2D eigenvalue weighted by molar-refractivity contribution is 6.02. The van der Waals surface area contributed by atoms with Gasteiger partial charge in [0.2, 0.25) is 5.95 Å². The molecule has 4 aromatic rings. The number of anilines is 3. The Labute approximate surface area is 175 Å². The lowest BCUT2D eigenvalue weighted by Gasteiger charge is -2.10. The maximum absolute atomic E-state index is 6.50. The van der Waals surface area contributed by atoms with Crippen molar-refractivity contribution < 1.29 is 0 Å². The van der Waals surface area contributed by atoms with E-state index in [4.69, 9.17) is 10.7 Å². The summed E-state index contributed by atoms with van der Waals surface area (Å²) in [5, 5.41) is 8.55. The normalized spacial score (nSPS) is 13.2. The Morgan fingerprint density at radius 1 is 1.10 bits per heavy atom. The van der Waals surface area contributed by atoms with Gasteiger partial charge in [0.1, 0.15) is 11.5 Å². The Hall–Kier alpha value is -3.61. The Kier molecular flexibility index (Phi) is 4.13. The number of nitrogens with two attached hydrogens (primary N) is 1. The lowest BCUT2D eigenvalue weighted by Crippen LogP contribution is -2.05. The second-order valence-corrected chi connectivity index (χ2v) is 8.08. The third kappa shape index (κ3) is 2.85. The molecule has 0 spiro atoms. The molecule has 0 radical (unpaired) electrons. The van der Waals surface area contributed by atoms with Gasteiger partial charge >= 0.3 is 0 Å². The minimum absolute atomic E-state index is 0.237. The number of benzene rings is 1. The summed E-state index contributed by atoms with van der Waals surface area (Å²) < 4.78 is 3.93. The predicted molar refractivity (Wildman–Crippen MR) is 121 cm³/mol. The molecule has 0 saturated carbocycles. The van der Waals surface area contributed by atoms with Crippen molar-refractivity contribution in [2.75, 3.05) is 11.1 Å². The summed E-state index contributed by atoms with van der Waals surface area (Å²) in [6.07, 6.45) is 7.27. The Bertz CT molecular complexity index is 1310. The molecule has 1 aliphatic rings. The molecule has 0 amide bonds. The van der Waals surface area contributed by atoms with Gasteiger partial charge in [-0.2, -0.15) is 15.1 Å². The van der Waals surface area contributed by atoms with Crippen LogP contribution in [0.1, 0.15) is 42.3 Å². The molecule has 30 heavy (non-hydrogen) atoms. The largest absolute Gasteiger partial charge is 0.383 e. The number of hydrogen-bond donors (Lipinski definition) is 2. The summed E-state index contributed by atoms with van der Waals surface area (Å²) in [6, 6.07) is 8.75. The van der Waals surface area contributed by atoms with Gasteiger partial charge in [0, 0.05) is 31.0 Å². The molecular weight excluding hydrogens is 374 g/mol. The number of allylic oxidation sites excluding steroid dienone is 1. The van der Waals surface area contributed by atoms with Crippen LogP contribution < -0.4 is 11.1 Å². The molecule has 7 nitrogen and oxygen atoms in total. The molecule has 0 unspecified atom stereocenters. The molecule has 3 heterocycles. The summed E-state index contributed by atoms with van der Waals surface area (Å²) in [6.45, 7) is 6.25. The van der Waals surface area contributed by atoms with Crippen molar-refractivity contribution in [1.82, 2.24) is 24.3 Å². The molecule has 0 atom stereocenters. The van der Waals surface area contributed by atoms with E-state index in [1.807, 2.05) is 20.2 Å². The molecule has 3 N–H and O–H groups in total. The van der Waals surface area contributed by atoms with Crippen LogP contribution in [0.25, 0.3) is 16.6 Å². The quantitative estimate of drug-likeness (QED) is 0.532. The van der Waals surface area contributed by atoms with E-state index in [1.165, 1.54) is 16.7 Å². The second kappa shape index (κ2) is 6.73. The molecular formula is C23H25N7. The summed E-state index contributed by atoms with van der Waals surface area (Å²) in [5.74, 6) is 0.951. The van der Waals surface area contributed by atoms with Gasteiger partial charge in [0.05, 0.1) is 16.8 Å². The molecule has 0 fully saturated rings. The lowest BCUT2D eigenvalue weighted by molar-refractivity contribution is 0.617. The Balaban J connectivity index is 1.67. The van der Waals surface area contributed by atoms with Crippen LogP contribution in [0.5, 0.6) is 0 Å². The number of nitrogens with zero attached hydrogens (tertiary/aromatic N) is 5. The summed E-state index contributed by atoms with van der Waals surface area (Å²) >= 11 is 0. The first kappa shape index (κ1) is 18.4. The van der Waals surface area contributed by atoms with Crippen molar-refractivity contribution in [2.45, 2.75) is 33.2 Å². The van der Waals surface area contributed by atoms with Crippen LogP contribution in [-0.4, -0.2) is 24.3 Å². The fraction of sp³-hybridized carbons (Fsp3) is 0.261. The monoisotopic (exact) mass is 399 g/mol. The lowest BCUT2D eigenvalue weighted by atomic mass is 9.99. The van der Waals surface area contributed by atoms with E-state index in [-0.39, 0.29) is 6.04 Å². The van der Waals surface area contributed by atoms with Crippen molar-refractivity contribution in [3.8, 4) is 0 Å². The number of rotatable bonds is 4. The van der Waals surface area contributed by atoms with Crippen LogP contribution in [0, 0.1) is 6.92 Å². The van der Waals surface area contributed by atoms with E-state index < -0.39 is 0 Å². The van der Waals surface area contributed by atoms with Crippen molar-refractivity contribution in [3.63, 3.8) is 0 Å². The van der Waals surface area contributed by atoms with Crippen molar-refractivity contribution in [3.05, 3.63) is 65.1 Å². The van der Waals surface area contributed by atoms with Crippen molar-refractivity contribution >= 4 is 34.1 Å². The highest BCUT2D eigenvalue weighted by Gasteiger charge is 2.23. The number of nitrogens with one attached hydrogen (secondary N) is 1. The van der Waals surface area contributed by atoms with E-state index in [0.717, 1.165) is 34.4 Å². The molecule has 1 aliphatic carbocycles. The minimum atomic E-state index is 0.237. The van der Waals surface area contributed by atoms with Gasteiger partial charge in [-0.25, -0.2) is 0 Å². The molecule has 7 heteroatoms. The topological polar surface area (TPSA) is 86.6 Å². The average molecular weight is 400 g/mol. The van der Waals surface area contributed by atoms with Crippen LogP contribution in [0.4, 0.5) is 17.5 Å². The van der Waals surface area contributed by atoms with E-state index in [0.29, 0.717) is 11.8 Å². The molecule has 1 aromatic carbocycles. The van der Waals surface area contributed by atoms with E-state index in [2.05, 4.69) is 70.4 Å². The van der Waals surface area contributed by atoms with Crippen LogP contribution in [0.2, 0.25) is 0 Å². The van der Waals surface area contributed by atoms with Crippen molar-refractivity contribution in [2.24, 2.45) is 7.05 Å². The minimum Gasteiger partial charge on any atom is -0.383 e. The predicted octanol–water partition coefficient (Wildman–Crippen LogP) is 4.37. The zero-order chi connectivity index (χ0) is 21.0. The van der Waals surface area contributed by atoms with Crippen LogP contribution in [0.15, 0.2) is 42.7 Å². The molecule has 0 bridgehead atoms. The van der Waals surface area contributed by atoms with E-state index >= 15 is 0 Å². The van der Waals surface area contributed by atoms with Gasteiger partial charge in [-0.15, -0.1) is 0 Å². The van der Waals surface area contributed by atoms with Gasteiger partial charge in [-0.3, -0.25) is 4.68 Å².